The van der Waals surface area contributed by atoms with Crippen LogP contribution in [0.2, 0.25) is 5.02 Å². The van der Waals surface area contributed by atoms with E-state index in [1.54, 1.807) is 0 Å². The van der Waals surface area contributed by atoms with Crippen molar-refractivity contribution in [1.82, 2.24) is 14.9 Å². The van der Waals surface area contributed by atoms with Crippen LogP contribution in [0, 0.1) is 0 Å². The van der Waals surface area contributed by atoms with Crippen molar-refractivity contribution in [3.63, 3.8) is 0 Å². The first-order chi connectivity index (χ1) is 7.86. The van der Waals surface area contributed by atoms with E-state index in [1.807, 2.05) is 14.1 Å². The highest BCUT2D eigenvalue weighted by atomic mass is 35.5. The third-order valence-corrected chi connectivity index (χ3v) is 3.08. The number of anilines is 1. The first-order valence-corrected chi connectivity index (χ1v) is 5.72. The van der Waals surface area contributed by atoms with E-state index in [1.165, 1.54) is 13.3 Å². The number of nitrogens with zero attached hydrogens (tertiary/aromatic N) is 3. The average molecular weight is 259 g/mol. The molecule has 0 aliphatic heterocycles. The number of methoxy groups -OCH3 is 1. The molecule has 0 amide bonds. The Balaban J connectivity index is 2.75. The van der Waals surface area contributed by atoms with Gasteiger partial charge in [-0.3, -0.25) is 0 Å². The van der Waals surface area contributed by atoms with E-state index in [9.17, 15) is 0 Å². The Morgan fingerprint density at radius 2 is 2.12 bits per heavy atom. The molecule has 1 aromatic heterocycles. The molecule has 0 unspecified atom stereocenters. The fourth-order valence-corrected chi connectivity index (χ4v) is 1.19. The van der Waals surface area contributed by atoms with E-state index in [-0.39, 0.29) is 5.54 Å². The maximum absolute atomic E-state index is 6.00. The van der Waals surface area contributed by atoms with Gasteiger partial charge in [0.05, 0.1) is 13.3 Å². The average Bonchev–Trinajstić information content (AvgIpc) is 2.28. The minimum atomic E-state index is 0.00150. The van der Waals surface area contributed by atoms with E-state index >= 15 is 0 Å². The summed E-state index contributed by atoms with van der Waals surface area (Å²) in [7, 11) is 5.59. The Morgan fingerprint density at radius 3 is 2.65 bits per heavy atom. The van der Waals surface area contributed by atoms with Crippen LogP contribution in [0.15, 0.2) is 6.20 Å². The fourth-order valence-electron chi connectivity index (χ4n) is 1.03. The number of rotatable bonds is 5. The standard InChI is InChI=1S/C11H19ClN4O/c1-11(2,16(3)4)7-14-9-8(12)6-13-10(15-9)17-5/h6H,7H2,1-5H3,(H,13,14,15). The van der Waals surface area contributed by atoms with Gasteiger partial charge in [0.2, 0.25) is 0 Å². The molecule has 0 aliphatic rings. The predicted molar refractivity (Wildman–Crippen MR) is 69.8 cm³/mol. The van der Waals surface area contributed by atoms with Crippen molar-refractivity contribution in [1.29, 1.82) is 0 Å². The van der Waals surface area contributed by atoms with Gasteiger partial charge < -0.3 is 15.0 Å². The molecular weight excluding hydrogens is 240 g/mol. The molecule has 0 fully saturated rings. The summed E-state index contributed by atoms with van der Waals surface area (Å²) in [6.07, 6.45) is 1.53. The first kappa shape index (κ1) is 14.0. The molecule has 96 valence electrons. The highest BCUT2D eigenvalue weighted by Crippen LogP contribution is 2.21. The Morgan fingerprint density at radius 1 is 1.47 bits per heavy atom. The smallest absolute Gasteiger partial charge is 0.318 e. The van der Waals surface area contributed by atoms with Gasteiger partial charge in [0, 0.05) is 12.1 Å². The molecule has 0 aliphatic carbocycles. The summed E-state index contributed by atoms with van der Waals surface area (Å²) in [6, 6.07) is 0.305. The molecule has 0 radical (unpaired) electrons. The van der Waals surface area contributed by atoms with Crippen LogP contribution in [-0.4, -0.2) is 48.2 Å². The summed E-state index contributed by atoms with van der Waals surface area (Å²) in [4.78, 5) is 10.2. The van der Waals surface area contributed by atoms with Crippen LogP contribution in [0.1, 0.15) is 13.8 Å². The van der Waals surface area contributed by atoms with E-state index in [0.29, 0.717) is 16.9 Å². The zero-order chi connectivity index (χ0) is 13.1. The number of aromatic nitrogens is 2. The van der Waals surface area contributed by atoms with E-state index in [0.717, 1.165) is 6.54 Å². The molecule has 0 atom stereocenters. The summed E-state index contributed by atoms with van der Waals surface area (Å²) < 4.78 is 4.96. The fraction of sp³-hybridized carbons (Fsp3) is 0.636. The lowest BCUT2D eigenvalue weighted by Gasteiger charge is -2.32. The van der Waals surface area contributed by atoms with Gasteiger partial charge in [0.15, 0.2) is 5.82 Å². The van der Waals surface area contributed by atoms with Crippen LogP contribution in [0.3, 0.4) is 0 Å². The van der Waals surface area contributed by atoms with Crippen LogP contribution in [0.4, 0.5) is 5.82 Å². The molecule has 0 saturated carbocycles. The van der Waals surface area contributed by atoms with Gasteiger partial charge in [-0.25, -0.2) is 4.98 Å². The second-order valence-corrected chi connectivity index (χ2v) is 5.02. The molecule has 0 aromatic carbocycles. The van der Waals surface area contributed by atoms with E-state index in [2.05, 4.69) is 34.0 Å². The molecule has 1 N–H and O–H groups in total. The predicted octanol–water partition coefficient (Wildman–Crippen LogP) is 1.89. The van der Waals surface area contributed by atoms with Crippen molar-refractivity contribution in [2.24, 2.45) is 0 Å². The van der Waals surface area contributed by atoms with Gasteiger partial charge in [0.1, 0.15) is 5.02 Å². The Bertz CT molecular complexity index is 382. The highest BCUT2D eigenvalue weighted by Gasteiger charge is 2.20. The number of hydrogen-bond donors (Lipinski definition) is 1. The van der Waals surface area contributed by atoms with Crippen LogP contribution < -0.4 is 10.1 Å². The first-order valence-electron chi connectivity index (χ1n) is 5.34. The monoisotopic (exact) mass is 258 g/mol. The lowest BCUT2D eigenvalue weighted by molar-refractivity contribution is 0.210. The maximum Gasteiger partial charge on any atom is 0.318 e. The molecule has 1 heterocycles. The SMILES string of the molecule is COc1ncc(Cl)c(NCC(C)(C)N(C)C)n1. The van der Waals surface area contributed by atoms with Crippen LogP contribution in [0.25, 0.3) is 0 Å². The van der Waals surface area contributed by atoms with Gasteiger partial charge in [-0.1, -0.05) is 11.6 Å². The minimum Gasteiger partial charge on any atom is -0.467 e. The molecule has 1 aromatic rings. The Hall–Kier alpha value is -1.07. The third kappa shape index (κ3) is 3.71. The van der Waals surface area contributed by atoms with Gasteiger partial charge in [-0.2, -0.15) is 4.98 Å². The van der Waals surface area contributed by atoms with Crippen molar-refractivity contribution < 1.29 is 4.74 Å². The minimum absolute atomic E-state index is 0.00150. The number of ether oxygens (including phenoxy) is 1. The topological polar surface area (TPSA) is 50.3 Å². The van der Waals surface area contributed by atoms with Crippen LogP contribution in [-0.2, 0) is 0 Å². The molecule has 0 spiro atoms. The van der Waals surface area contributed by atoms with Gasteiger partial charge >= 0.3 is 6.01 Å². The second-order valence-electron chi connectivity index (χ2n) is 4.61. The number of hydrogen-bond acceptors (Lipinski definition) is 5. The molecule has 5 nitrogen and oxygen atoms in total. The zero-order valence-corrected chi connectivity index (χ0v) is 11.7. The van der Waals surface area contributed by atoms with Gasteiger partial charge in [-0.05, 0) is 27.9 Å². The molecular formula is C11H19ClN4O. The molecule has 0 bridgehead atoms. The number of nitrogens with one attached hydrogen (secondary N) is 1. The third-order valence-electron chi connectivity index (χ3n) is 2.80. The Kier molecular flexibility index (Phi) is 4.54. The van der Waals surface area contributed by atoms with Crippen molar-refractivity contribution >= 4 is 17.4 Å². The van der Waals surface area contributed by atoms with Crippen molar-refractivity contribution in [3.05, 3.63) is 11.2 Å². The molecule has 6 heteroatoms. The number of likely N-dealkylation sites (N-methyl/N-ethyl adjacent to an activating group) is 1. The Labute approximate surface area is 107 Å². The number of halogens is 1. The maximum atomic E-state index is 6.00. The highest BCUT2D eigenvalue weighted by molar-refractivity contribution is 6.32. The van der Waals surface area contributed by atoms with Gasteiger partial charge in [0.25, 0.3) is 0 Å². The second kappa shape index (κ2) is 5.51. The summed E-state index contributed by atoms with van der Waals surface area (Å²) >= 11 is 6.00. The van der Waals surface area contributed by atoms with E-state index < -0.39 is 0 Å². The van der Waals surface area contributed by atoms with Crippen molar-refractivity contribution in [2.45, 2.75) is 19.4 Å². The molecule has 1 rings (SSSR count). The van der Waals surface area contributed by atoms with Crippen LogP contribution >= 0.6 is 11.6 Å². The molecule has 17 heavy (non-hydrogen) atoms. The van der Waals surface area contributed by atoms with Gasteiger partial charge in [-0.15, -0.1) is 0 Å². The zero-order valence-electron chi connectivity index (χ0n) is 10.9. The normalized spacial score (nSPS) is 11.7. The quantitative estimate of drug-likeness (QED) is 0.874. The van der Waals surface area contributed by atoms with Crippen LogP contribution in [0.5, 0.6) is 6.01 Å². The lowest BCUT2D eigenvalue weighted by atomic mass is 10.0. The van der Waals surface area contributed by atoms with Crippen molar-refractivity contribution in [3.8, 4) is 6.01 Å². The molecule has 0 saturated heterocycles. The lowest BCUT2D eigenvalue weighted by Crippen LogP contribution is -2.44. The summed E-state index contributed by atoms with van der Waals surface area (Å²) in [5, 5.41) is 3.69. The largest absolute Gasteiger partial charge is 0.467 e. The summed E-state index contributed by atoms with van der Waals surface area (Å²) in [5.74, 6) is 0.591. The summed E-state index contributed by atoms with van der Waals surface area (Å²) in [6.45, 7) is 4.98. The van der Waals surface area contributed by atoms with Crippen molar-refractivity contribution in [2.75, 3.05) is 33.1 Å². The summed E-state index contributed by atoms with van der Waals surface area (Å²) in [5.41, 5.74) is 0.00150. The van der Waals surface area contributed by atoms with E-state index in [4.69, 9.17) is 16.3 Å².